The Hall–Kier alpha value is -4.22. The molecule has 0 fully saturated rings. The minimum Gasteiger partial charge on any atom is -0.491 e. The number of nitrogens with one attached hydrogen (secondary N) is 1. The summed E-state index contributed by atoms with van der Waals surface area (Å²) in [5.74, 6) is -2.64. The Morgan fingerprint density at radius 1 is 1.09 bits per heavy atom. The maximum atomic E-state index is 12.5. The van der Waals surface area contributed by atoms with Crippen molar-refractivity contribution >= 4 is 11.9 Å². The van der Waals surface area contributed by atoms with Crippen LogP contribution in [0.15, 0.2) is 60.9 Å². The lowest BCUT2D eigenvalue weighted by Gasteiger charge is -2.25. The lowest BCUT2D eigenvalue weighted by Crippen LogP contribution is -2.33. The van der Waals surface area contributed by atoms with Crippen LogP contribution in [0, 0.1) is 5.82 Å². The number of hydrogen-bond acceptors (Lipinski definition) is 6. The molecule has 0 spiro atoms. The maximum absolute atomic E-state index is 12.5. The molecule has 1 unspecified atom stereocenters. The number of para-hydroxylation sites is 1. The first-order valence-electron chi connectivity index (χ1n) is 9.72. The van der Waals surface area contributed by atoms with Gasteiger partial charge in [0, 0.05) is 18.8 Å². The van der Waals surface area contributed by atoms with Gasteiger partial charge in [-0.25, -0.2) is 9.18 Å². The SMILES string of the molecule is Fc1ccccc1OC(F)(F)F.O=C(O)c1ccc(C(=O)NC2CCOc3cccnc32)nc1. The van der Waals surface area contributed by atoms with Gasteiger partial charge >= 0.3 is 12.3 Å². The van der Waals surface area contributed by atoms with E-state index in [0.29, 0.717) is 24.5 Å². The minimum absolute atomic E-state index is 0.0367. The number of hydrogen-bond donors (Lipinski definition) is 2. The Bertz CT molecular complexity index is 1160. The first kappa shape index (κ1) is 24.4. The van der Waals surface area contributed by atoms with Gasteiger partial charge in [0.1, 0.15) is 17.1 Å². The number of pyridine rings is 2. The van der Waals surface area contributed by atoms with Gasteiger partial charge in [-0.3, -0.25) is 14.8 Å². The normalized spacial score (nSPS) is 14.5. The highest BCUT2D eigenvalue weighted by Crippen LogP contribution is 2.29. The molecule has 1 atom stereocenters. The van der Waals surface area contributed by atoms with Gasteiger partial charge in [0.2, 0.25) is 0 Å². The number of aromatic carboxylic acids is 1. The third kappa shape index (κ3) is 6.64. The van der Waals surface area contributed by atoms with Gasteiger partial charge in [-0.15, -0.1) is 13.2 Å². The molecule has 0 saturated carbocycles. The molecule has 12 heteroatoms. The molecule has 2 N–H and O–H groups in total. The zero-order valence-corrected chi connectivity index (χ0v) is 17.3. The number of carboxylic acids is 1. The van der Waals surface area contributed by atoms with E-state index in [2.05, 4.69) is 20.0 Å². The van der Waals surface area contributed by atoms with E-state index < -0.39 is 23.9 Å². The van der Waals surface area contributed by atoms with E-state index in [1.807, 2.05) is 0 Å². The second-order valence-corrected chi connectivity index (χ2v) is 6.77. The second kappa shape index (κ2) is 10.6. The number of halogens is 4. The number of amides is 1. The molecule has 0 aliphatic carbocycles. The van der Waals surface area contributed by atoms with E-state index in [1.54, 1.807) is 18.3 Å². The average molecular weight is 479 g/mol. The van der Waals surface area contributed by atoms with E-state index in [1.165, 1.54) is 24.3 Å². The molecular formula is C22H17F4N3O5. The summed E-state index contributed by atoms with van der Waals surface area (Å²) < 4.78 is 55.9. The standard InChI is InChI=1S/C15H13N3O4.C7H4F4O/c19-14(11-4-3-9(8-17-11)15(20)21)18-10-5-7-22-12-2-1-6-16-13(10)12;8-5-3-1-2-4-6(5)12-7(9,10)11/h1-4,6,8,10H,5,7H2,(H,18,19)(H,20,21);1-4H. The van der Waals surface area contributed by atoms with Crippen LogP contribution >= 0.6 is 0 Å². The Morgan fingerprint density at radius 3 is 2.50 bits per heavy atom. The molecule has 178 valence electrons. The van der Waals surface area contributed by atoms with Crippen molar-refractivity contribution in [1.82, 2.24) is 15.3 Å². The van der Waals surface area contributed by atoms with E-state index >= 15 is 0 Å². The van der Waals surface area contributed by atoms with Gasteiger partial charge in [0.05, 0.1) is 18.2 Å². The fourth-order valence-corrected chi connectivity index (χ4v) is 2.89. The first-order chi connectivity index (χ1) is 16.1. The number of benzene rings is 1. The van der Waals surface area contributed by atoms with E-state index in [-0.39, 0.29) is 23.2 Å². The predicted molar refractivity (Wildman–Crippen MR) is 109 cm³/mol. The Labute approximate surface area is 190 Å². The molecule has 1 amide bonds. The quantitative estimate of drug-likeness (QED) is 0.541. The highest BCUT2D eigenvalue weighted by Gasteiger charge is 2.32. The molecule has 0 radical (unpaired) electrons. The highest BCUT2D eigenvalue weighted by atomic mass is 19.4. The van der Waals surface area contributed by atoms with Crippen LogP contribution in [0.1, 0.15) is 39.0 Å². The molecule has 2 aromatic heterocycles. The summed E-state index contributed by atoms with van der Waals surface area (Å²) in [6.07, 6.45) is -1.43. The van der Waals surface area contributed by atoms with Crippen molar-refractivity contribution in [1.29, 1.82) is 0 Å². The lowest BCUT2D eigenvalue weighted by molar-refractivity contribution is -0.275. The van der Waals surface area contributed by atoms with Crippen molar-refractivity contribution in [2.75, 3.05) is 6.61 Å². The van der Waals surface area contributed by atoms with Crippen LogP contribution in [0.2, 0.25) is 0 Å². The number of ether oxygens (including phenoxy) is 2. The molecule has 3 heterocycles. The van der Waals surface area contributed by atoms with Crippen LogP contribution < -0.4 is 14.8 Å². The van der Waals surface area contributed by atoms with E-state index in [9.17, 15) is 27.2 Å². The zero-order chi connectivity index (χ0) is 24.7. The fraction of sp³-hybridized carbons (Fsp3) is 0.182. The predicted octanol–water partition coefficient (Wildman–Crippen LogP) is 4.15. The van der Waals surface area contributed by atoms with Gasteiger partial charge in [-0.1, -0.05) is 12.1 Å². The summed E-state index contributed by atoms with van der Waals surface area (Å²) in [7, 11) is 0. The van der Waals surface area contributed by atoms with Crippen LogP contribution in [0.4, 0.5) is 17.6 Å². The van der Waals surface area contributed by atoms with Gasteiger partial charge in [-0.2, -0.15) is 0 Å². The monoisotopic (exact) mass is 479 g/mol. The lowest BCUT2D eigenvalue weighted by atomic mass is 10.1. The molecule has 1 aliphatic heterocycles. The third-order valence-corrected chi connectivity index (χ3v) is 4.40. The number of carboxylic acid groups (broad SMARTS) is 1. The van der Waals surface area contributed by atoms with Crippen molar-refractivity contribution in [3.05, 3.63) is 83.7 Å². The Balaban J connectivity index is 0.000000229. The molecule has 1 aromatic carbocycles. The van der Waals surface area contributed by atoms with E-state index in [4.69, 9.17) is 9.84 Å². The summed E-state index contributed by atoms with van der Waals surface area (Å²) in [4.78, 5) is 31.1. The molecular weight excluding hydrogens is 462 g/mol. The van der Waals surface area contributed by atoms with Crippen molar-refractivity contribution in [2.45, 2.75) is 18.8 Å². The van der Waals surface area contributed by atoms with Crippen molar-refractivity contribution < 1.29 is 41.7 Å². The number of aromatic nitrogens is 2. The van der Waals surface area contributed by atoms with Gasteiger partial charge in [0.25, 0.3) is 5.91 Å². The summed E-state index contributed by atoms with van der Waals surface area (Å²) >= 11 is 0. The van der Waals surface area contributed by atoms with Gasteiger partial charge in [0.15, 0.2) is 11.6 Å². The molecule has 8 nitrogen and oxygen atoms in total. The van der Waals surface area contributed by atoms with Crippen molar-refractivity contribution in [3.8, 4) is 11.5 Å². The molecule has 34 heavy (non-hydrogen) atoms. The molecule has 0 bridgehead atoms. The zero-order valence-electron chi connectivity index (χ0n) is 17.3. The van der Waals surface area contributed by atoms with Crippen molar-refractivity contribution in [3.63, 3.8) is 0 Å². The van der Waals surface area contributed by atoms with Crippen LogP contribution in [0.3, 0.4) is 0 Å². The van der Waals surface area contributed by atoms with Crippen LogP contribution in [0.5, 0.6) is 11.5 Å². The average Bonchev–Trinajstić information content (AvgIpc) is 2.80. The molecule has 4 rings (SSSR count). The first-order valence-corrected chi connectivity index (χ1v) is 9.72. The van der Waals surface area contributed by atoms with Crippen LogP contribution in [0.25, 0.3) is 0 Å². The third-order valence-electron chi connectivity index (χ3n) is 4.40. The summed E-state index contributed by atoms with van der Waals surface area (Å²) in [5, 5.41) is 11.7. The molecule has 3 aromatic rings. The molecule has 0 saturated heterocycles. The fourth-order valence-electron chi connectivity index (χ4n) is 2.89. The number of carbonyl (C=O) groups excluding carboxylic acids is 1. The number of nitrogens with zero attached hydrogens (tertiary/aromatic N) is 2. The highest BCUT2D eigenvalue weighted by molar-refractivity contribution is 5.94. The summed E-state index contributed by atoms with van der Waals surface area (Å²) in [6.45, 7) is 0.495. The summed E-state index contributed by atoms with van der Waals surface area (Å²) in [6, 6.07) is 10.4. The van der Waals surface area contributed by atoms with Gasteiger partial charge < -0.3 is 19.9 Å². The van der Waals surface area contributed by atoms with Crippen LogP contribution in [-0.2, 0) is 0 Å². The number of carbonyl (C=O) groups is 2. The number of fused-ring (bicyclic) bond motifs is 1. The minimum atomic E-state index is -4.85. The molecule has 1 aliphatic rings. The smallest absolute Gasteiger partial charge is 0.491 e. The topological polar surface area (TPSA) is 111 Å². The second-order valence-electron chi connectivity index (χ2n) is 6.77. The number of rotatable bonds is 4. The van der Waals surface area contributed by atoms with E-state index in [0.717, 1.165) is 18.3 Å². The number of alkyl halides is 3. The Morgan fingerprint density at radius 2 is 1.85 bits per heavy atom. The van der Waals surface area contributed by atoms with Crippen LogP contribution in [-0.4, -0.2) is 39.9 Å². The maximum Gasteiger partial charge on any atom is 0.573 e. The van der Waals surface area contributed by atoms with Crippen molar-refractivity contribution in [2.24, 2.45) is 0 Å². The van der Waals surface area contributed by atoms with Gasteiger partial charge in [-0.05, 0) is 36.4 Å². The summed E-state index contributed by atoms with van der Waals surface area (Å²) in [5.41, 5.74) is 0.882. The largest absolute Gasteiger partial charge is 0.573 e. The Kier molecular flexibility index (Phi) is 7.61.